The Hall–Kier alpha value is -1.52. The second kappa shape index (κ2) is 4.11. The molecule has 2 aliphatic heterocycles. The van der Waals surface area contributed by atoms with Crippen molar-refractivity contribution in [3.63, 3.8) is 0 Å². The van der Waals surface area contributed by atoms with Gasteiger partial charge in [0.25, 0.3) is 0 Å². The first-order valence-corrected chi connectivity index (χ1v) is 8.33. The molecule has 1 N–H and O–H groups in total. The summed E-state index contributed by atoms with van der Waals surface area (Å²) in [4.78, 5) is 2.45. The van der Waals surface area contributed by atoms with E-state index in [1.807, 2.05) is 12.1 Å². The maximum absolute atomic E-state index is 10.9. The molecule has 2 heterocycles. The lowest BCUT2D eigenvalue weighted by Crippen LogP contribution is -2.67. The first-order valence-electron chi connectivity index (χ1n) is 8.33. The van der Waals surface area contributed by atoms with Crippen LogP contribution in [0.4, 0.5) is 0 Å². The van der Waals surface area contributed by atoms with Crippen LogP contribution < -0.4 is 9.47 Å². The molecule has 4 nitrogen and oxygen atoms in total. The summed E-state index contributed by atoms with van der Waals surface area (Å²) in [6.45, 7) is 5.06. The van der Waals surface area contributed by atoms with E-state index in [1.165, 1.54) is 11.1 Å². The minimum atomic E-state index is -1.20. The lowest BCUT2D eigenvalue weighted by Gasteiger charge is -2.58. The van der Waals surface area contributed by atoms with Gasteiger partial charge < -0.3 is 19.5 Å². The number of likely N-dealkylation sites (N-methyl/N-ethyl adjacent to an activating group) is 1. The molecular weight excluding hydrogens is 290 g/mol. The molecule has 2 aliphatic carbocycles. The quantitative estimate of drug-likeness (QED) is 0.802. The number of piperidine rings is 1. The van der Waals surface area contributed by atoms with Crippen molar-refractivity contribution in [2.24, 2.45) is 5.92 Å². The first kappa shape index (κ1) is 13.9. The van der Waals surface area contributed by atoms with E-state index in [4.69, 9.17) is 9.47 Å². The Morgan fingerprint density at radius 2 is 2.26 bits per heavy atom. The molecule has 0 aromatic heterocycles. The van der Waals surface area contributed by atoms with Crippen LogP contribution in [0.25, 0.3) is 0 Å². The smallest absolute Gasteiger partial charge is 0.165 e. The van der Waals surface area contributed by atoms with Crippen LogP contribution >= 0.6 is 0 Å². The SMILES string of the molecule is [CH2][C@@]1(O)C=C[C@H]2[C@H]3Cc4ccc(OC)c5c4[C@@]2(CCN3C)[C@H]1O5. The normalized spacial score (nSPS) is 43.0. The fourth-order valence-electron chi connectivity index (χ4n) is 5.54. The number of methoxy groups -OCH3 is 1. The van der Waals surface area contributed by atoms with E-state index in [0.29, 0.717) is 12.0 Å². The number of nitrogens with zero attached hydrogens (tertiary/aromatic N) is 1. The molecule has 5 rings (SSSR count). The number of ether oxygens (including phenoxy) is 2. The maximum atomic E-state index is 10.9. The van der Waals surface area contributed by atoms with Crippen molar-refractivity contribution in [3.05, 3.63) is 42.3 Å². The van der Waals surface area contributed by atoms with Gasteiger partial charge >= 0.3 is 0 Å². The third kappa shape index (κ3) is 1.45. The molecule has 5 atom stereocenters. The second-order valence-corrected chi connectivity index (χ2v) is 7.55. The van der Waals surface area contributed by atoms with E-state index in [9.17, 15) is 5.11 Å². The topological polar surface area (TPSA) is 41.9 Å². The van der Waals surface area contributed by atoms with Gasteiger partial charge in [-0.05, 0) is 45.0 Å². The number of rotatable bonds is 1. The Bertz CT molecular complexity index is 726. The van der Waals surface area contributed by atoms with Gasteiger partial charge in [-0.15, -0.1) is 0 Å². The van der Waals surface area contributed by atoms with Gasteiger partial charge in [0, 0.05) is 22.9 Å². The van der Waals surface area contributed by atoms with Crippen LogP contribution in [0.5, 0.6) is 11.5 Å². The lowest BCUT2D eigenvalue weighted by molar-refractivity contribution is -0.0774. The van der Waals surface area contributed by atoms with Crippen molar-refractivity contribution in [2.75, 3.05) is 20.7 Å². The lowest BCUT2D eigenvalue weighted by atomic mass is 9.51. The van der Waals surface area contributed by atoms with Crippen molar-refractivity contribution in [1.29, 1.82) is 0 Å². The predicted molar refractivity (Wildman–Crippen MR) is 86.8 cm³/mol. The van der Waals surface area contributed by atoms with E-state index >= 15 is 0 Å². The second-order valence-electron chi connectivity index (χ2n) is 7.55. The zero-order chi connectivity index (χ0) is 16.0. The molecule has 0 saturated carbocycles. The predicted octanol–water partition coefficient (Wildman–Crippen LogP) is 1.71. The molecule has 23 heavy (non-hydrogen) atoms. The molecule has 2 bridgehead atoms. The van der Waals surface area contributed by atoms with Gasteiger partial charge in [-0.25, -0.2) is 0 Å². The average Bonchev–Trinajstić information content (AvgIpc) is 2.88. The molecule has 4 heteroatoms. The number of aliphatic hydroxyl groups is 1. The van der Waals surface area contributed by atoms with Crippen LogP contribution in [0.3, 0.4) is 0 Å². The number of likely N-dealkylation sites (tertiary alicyclic amines) is 1. The van der Waals surface area contributed by atoms with Crippen LogP contribution in [-0.2, 0) is 11.8 Å². The van der Waals surface area contributed by atoms with Crippen LogP contribution in [0.1, 0.15) is 17.5 Å². The van der Waals surface area contributed by atoms with Crippen LogP contribution in [-0.4, -0.2) is 48.5 Å². The summed E-state index contributed by atoms with van der Waals surface area (Å²) < 4.78 is 11.9. The Morgan fingerprint density at radius 1 is 1.43 bits per heavy atom. The highest BCUT2D eigenvalue weighted by Crippen LogP contribution is 2.63. The number of hydrogen-bond acceptors (Lipinski definition) is 4. The maximum Gasteiger partial charge on any atom is 0.165 e. The van der Waals surface area contributed by atoms with Crippen molar-refractivity contribution in [2.45, 2.75) is 36.0 Å². The molecule has 1 fully saturated rings. The van der Waals surface area contributed by atoms with Gasteiger partial charge in [-0.3, -0.25) is 0 Å². The van der Waals surface area contributed by atoms with Gasteiger partial charge in [0.15, 0.2) is 11.5 Å². The fourth-order valence-corrected chi connectivity index (χ4v) is 5.54. The summed E-state index contributed by atoms with van der Waals surface area (Å²) >= 11 is 0. The van der Waals surface area contributed by atoms with Gasteiger partial charge in [0.1, 0.15) is 11.7 Å². The number of benzene rings is 1. The standard InChI is InChI=1S/C19H22NO3/c1-18(21)7-6-12-13-10-11-4-5-14(22-3)16-15(11)19(12,17(18)23-16)8-9-20(13)2/h4-7,12-13,17,21H,1,8-10H2,2-3H3/t12-,13+,17-,18+,19-/m0/s1. The Labute approximate surface area is 136 Å². The molecule has 121 valence electrons. The van der Waals surface area contributed by atoms with Gasteiger partial charge in [-0.1, -0.05) is 18.2 Å². The van der Waals surface area contributed by atoms with E-state index in [2.05, 4.69) is 31.0 Å². The van der Waals surface area contributed by atoms with Crippen molar-refractivity contribution in [1.82, 2.24) is 4.90 Å². The highest BCUT2D eigenvalue weighted by atomic mass is 16.5. The van der Waals surface area contributed by atoms with Crippen molar-refractivity contribution in [3.8, 4) is 11.5 Å². The third-order valence-electron chi connectivity index (χ3n) is 6.53. The summed E-state index contributed by atoms with van der Waals surface area (Å²) in [5.74, 6) is 1.95. The van der Waals surface area contributed by atoms with Crippen LogP contribution in [0.15, 0.2) is 24.3 Å². The summed E-state index contributed by atoms with van der Waals surface area (Å²) in [6, 6.07) is 4.62. The highest BCUT2D eigenvalue weighted by Gasteiger charge is 2.66. The summed E-state index contributed by atoms with van der Waals surface area (Å²) in [7, 11) is 3.88. The minimum absolute atomic E-state index is 0.181. The third-order valence-corrected chi connectivity index (χ3v) is 6.53. The van der Waals surface area contributed by atoms with Crippen LogP contribution in [0.2, 0.25) is 0 Å². The van der Waals surface area contributed by atoms with Gasteiger partial charge in [0.2, 0.25) is 0 Å². The largest absolute Gasteiger partial charge is 0.493 e. The highest BCUT2D eigenvalue weighted by molar-refractivity contribution is 5.62. The summed E-state index contributed by atoms with van der Waals surface area (Å²) in [6.07, 6.45) is 5.68. The Morgan fingerprint density at radius 3 is 3.04 bits per heavy atom. The fraction of sp³-hybridized carbons (Fsp3) is 0.526. The van der Waals surface area contributed by atoms with Crippen molar-refractivity contribution >= 4 is 0 Å². The van der Waals surface area contributed by atoms with E-state index in [1.54, 1.807) is 7.11 Å². The van der Waals surface area contributed by atoms with E-state index < -0.39 is 5.60 Å². The molecule has 0 unspecified atom stereocenters. The molecule has 1 aromatic carbocycles. The van der Waals surface area contributed by atoms with E-state index in [0.717, 1.165) is 30.9 Å². The molecule has 1 aromatic rings. The zero-order valence-electron chi connectivity index (χ0n) is 13.6. The van der Waals surface area contributed by atoms with Crippen molar-refractivity contribution < 1.29 is 14.6 Å². The Kier molecular flexibility index (Phi) is 2.48. The summed E-state index contributed by atoms with van der Waals surface area (Å²) in [5, 5.41) is 10.9. The van der Waals surface area contributed by atoms with E-state index in [-0.39, 0.29) is 11.5 Å². The van der Waals surface area contributed by atoms with Crippen LogP contribution in [0, 0.1) is 12.8 Å². The van der Waals surface area contributed by atoms with Gasteiger partial charge in [-0.2, -0.15) is 0 Å². The average molecular weight is 312 g/mol. The molecule has 1 spiro atoms. The molecule has 4 aliphatic rings. The summed E-state index contributed by atoms with van der Waals surface area (Å²) in [5.41, 5.74) is 1.22. The zero-order valence-corrected chi connectivity index (χ0v) is 13.6. The monoisotopic (exact) mass is 312 g/mol. The van der Waals surface area contributed by atoms with Gasteiger partial charge in [0.05, 0.1) is 7.11 Å². The minimum Gasteiger partial charge on any atom is -0.493 e. The molecule has 0 amide bonds. The molecular formula is C19H22NO3. The first-order chi connectivity index (χ1) is 11.0. The number of hydrogen-bond donors (Lipinski definition) is 1. The molecule has 1 radical (unpaired) electrons. The Balaban J connectivity index is 1.84. The molecule has 1 saturated heterocycles.